The van der Waals surface area contributed by atoms with Crippen LogP contribution in [0.15, 0.2) is 0 Å². The van der Waals surface area contributed by atoms with Crippen molar-refractivity contribution in [1.82, 2.24) is 0 Å². The molecule has 0 heterocycles. The zero-order chi connectivity index (χ0) is 14.5. The molecule has 0 unspecified atom stereocenters. The molecule has 0 aliphatic heterocycles. The molecule has 0 atom stereocenters. The molecule has 0 bridgehead atoms. The Bertz CT molecular complexity index is 696. The molecule has 0 aromatic heterocycles. The fraction of sp³-hybridized carbons (Fsp3) is 0.0909. The maximum Gasteiger partial charge on any atom is 0.198 e. The van der Waals surface area contributed by atoms with Crippen molar-refractivity contribution in [2.45, 2.75) is 5.88 Å². The van der Waals surface area contributed by atoms with Gasteiger partial charge in [-0.2, -0.15) is 0 Å². The summed E-state index contributed by atoms with van der Waals surface area (Å²) in [5.41, 5.74) is -1.10. The van der Waals surface area contributed by atoms with Gasteiger partial charge in [0.2, 0.25) is 0 Å². The number of hydrogen-bond donors (Lipinski definition) is 0. The van der Waals surface area contributed by atoms with Gasteiger partial charge in [-0.15, -0.1) is 11.6 Å². The second-order valence-electron chi connectivity index (χ2n) is 3.56. The van der Waals surface area contributed by atoms with Crippen molar-refractivity contribution in [3.63, 3.8) is 0 Å². The lowest BCUT2D eigenvalue weighted by molar-refractivity contribution is 0.411. The SMILES string of the molecule is Fc1c(F)c(F)c2c(F)c(CCl)c(F)c(F)c2c1F. The van der Waals surface area contributed by atoms with Crippen LogP contribution in [0.4, 0.5) is 30.7 Å². The number of hydrogen-bond acceptors (Lipinski definition) is 0. The molecule has 0 nitrogen and oxygen atoms in total. The topological polar surface area (TPSA) is 0 Å². The molecule has 0 aliphatic rings. The number of alkyl halides is 1. The van der Waals surface area contributed by atoms with Crippen molar-refractivity contribution >= 4 is 22.4 Å². The first-order valence-electron chi connectivity index (χ1n) is 4.69. The quantitative estimate of drug-likeness (QED) is 0.314. The molecular weight excluding hydrogens is 301 g/mol. The van der Waals surface area contributed by atoms with Gasteiger partial charge >= 0.3 is 0 Å². The zero-order valence-electron chi connectivity index (χ0n) is 8.73. The summed E-state index contributed by atoms with van der Waals surface area (Å²) in [5.74, 6) is -15.7. The summed E-state index contributed by atoms with van der Waals surface area (Å²) >= 11 is 5.14. The molecule has 0 N–H and O–H groups in total. The van der Waals surface area contributed by atoms with Crippen LogP contribution in [0.1, 0.15) is 5.56 Å². The molecule has 102 valence electrons. The molecule has 2 aromatic rings. The van der Waals surface area contributed by atoms with Gasteiger partial charge in [-0.3, -0.25) is 0 Å². The molecule has 0 radical (unpaired) electrons. The normalized spacial score (nSPS) is 11.4. The van der Waals surface area contributed by atoms with Crippen molar-refractivity contribution in [1.29, 1.82) is 0 Å². The molecule has 0 saturated carbocycles. The van der Waals surface area contributed by atoms with Gasteiger partial charge in [0.1, 0.15) is 5.82 Å². The maximum atomic E-state index is 13.7. The van der Waals surface area contributed by atoms with E-state index in [0.717, 1.165) is 0 Å². The first-order chi connectivity index (χ1) is 8.82. The van der Waals surface area contributed by atoms with Crippen LogP contribution < -0.4 is 0 Å². The fourth-order valence-electron chi connectivity index (χ4n) is 1.65. The number of rotatable bonds is 1. The van der Waals surface area contributed by atoms with Crippen molar-refractivity contribution in [3.05, 3.63) is 46.3 Å². The number of halogens is 8. The summed E-state index contributed by atoms with van der Waals surface area (Å²) in [5, 5.41) is -3.16. The standard InChI is InChI=1S/C11H2ClF7/c12-1-2-5(13)3-4(7(15)6(2)14)9(17)11(19)10(18)8(3)16/h1H2. The van der Waals surface area contributed by atoms with Crippen LogP contribution in [0.25, 0.3) is 10.8 Å². The van der Waals surface area contributed by atoms with E-state index >= 15 is 0 Å². The van der Waals surface area contributed by atoms with E-state index < -0.39 is 62.9 Å². The van der Waals surface area contributed by atoms with E-state index in [1.54, 1.807) is 0 Å². The molecular formula is C11H2ClF7. The van der Waals surface area contributed by atoms with E-state index in [4.69, 9.17) is 11.6 Å². The maximum absolute atomic E-state index is 13.7. The second kappa shape index (κ2) is 4.56. The van der Waals surface area contributed by atoms with E-state index in [1.807, 2.05) is 0 Å². The Hall–Kier alpha value is -1.50. The van der Waals surface area contributed by atoms with Gasteiger partial charge in [0.05, 0.1) is 16.7 Å². The fourth-order valence-corrected chi connectivity index (χ4v) is 1.89. The number of benzene rings is 2. The van der Waals surface area contributed by atoms with Crippen LogP contribution in [0.5, 0.6) is 0 Å². The molecule has 2 aromatic carbocycles. The largest absolute Gasteiger partial charge is 0.206 e. The Kier molecular flexibility index (Phi) is 3.34. The highest BCUT2D eigenvalue weighted by atomic mass is 35.5. The first kappa shape index (κ1) is 13.9. The summed E-state index contributed by atoms with van der Waals surface area (Å²) in [6, 6.07) is 0. The molecule has 8 heteroatoms. The molecule has 0 aliphatic carbocycles. The minimum absolute atomic E-state index is 0.898. The highest BCUT2D eigenvalue weighted by Crippen LogP contribution is 2.34. The average Bonchev–Trinajstić information content (AvgIpc) is 2.38. The predicted octanol–water partition coefficient (Wildman–Crippen LogP) is 4.55. The van der Waals surface area contributed by atoms with Crippen molar-refractivity contribution < 1.29 is 30.7 Å². The van der Waals surface area contributed by atoms with Crippen LogP contribution >= 0.6 is 11.6 Å². The molecule has 0 fully saturated rings. The van der Waals surface area contributed by atoms with E-state index in [2.05, 4.69) is 0 Å². The molecule has 19 heavy (non-hydrogen) atoms. The highest BCUT2D eigenvalue weighted by Gasteiger charge is 2.29. The Labute approximate surface area is 106 Å². The Morgan fingerprint density at radius 3 is 1.32 bits per heavy atom. The van der Waals surface area contributed by atoms with Crippen LogP contribution in [0.2, 0.25) is 0 Å². The summed E-state index contributed by atoms with van der Waals surface area (Å²) in [6.45, 7) is 0. The third-order valence-electron chi connectivity index (χ3n) is 2.56. The summed E-state index contributed by atoms with van der Waals surface area (Å²) in [4.78, 5) is 0. The smallest absolute Gasteiger partial charge is 0.198 e. The Balaban J connectivity index is 3.18. The van der Waals surface area contributed by atoms with Crippen molar-refractivity contribution in [2.75, 3.05) is 0 Å². The van der Waals surface area contributed by atoms with Crippen molar-refractivity contribution in [3.8, 4) is 0 Å². The van der Waals surface area contributed by atoms with Gasteiger partial charge in [-0.05, 0) is 0 Å². The number of fused-ring (bicyclic) bond motifs is 1. The Morgan fingerprint density at radius 2 is 0.895 bits per heavy atom. The Morgan fingerprint density at radius 1 is 0.526 bits per heavy atom. The van der Waals surface area contributed by atoms with E-state index in [9.17, 15) is 30.7 Å². The summed E-state index contributed by atoms with van der Waals surface area (Å²) in [7, 11) is 0. The minimum atomic E-state index is -2.36. The lowest BCUT2D eigenvalue weighted by Crippen LogP contribution is -2.07. The summed E-state index contributed by atoms with van der Waals surface area (Å²) < 4.78 is 93.1. The van der Waals surface area contributed by atoms with Gasteiger partial charge < -0.3 is 0 Å². The van der Waals surface area contributed by atoms with Gasteiger partial charge in [-0.1, -0.05) is 0 Å². The van der Waals surface area contributed by atoms with Crippen LogP contribution in [0, 0.1) is 40.7 Å². The third kappa shape index (κ3) is 1.75. The van der Waals surface area contributed by atoms with Crippen molar-refractivity contribution in [2.24, 2.45) is 0 Å². The zero-order valence-corrected chi connectivity index (χ0v) is 9.49. The summed E-state index contributed by atoms with van der Waals surface area (Å²) in [6.07, 6.45) is 0. The molecule has 0 saturated heterocycles. The highest BCUT2D eigenvalue weighted by molar-refractivity contribution is 6.17. The van der Waals surface area contributed by atoms with Crippen LogP contribution in [0.3, 0.4) is 0 Å². The van der Waals surface area contributed by atoms with Gasteiger partial charge in [0, 0.05) is 5.56 Å². The van der Waals surface area contributed by atoms with E-state index in [-0.39, 0.29) is 0 Å². The molecule has 2 rings (SSSR count). The monoisotopic (exact) mass is 302 g/mol. The molecule has 0 amide bonds. The van der Waals surface area contributed by atoms with Gasteiger partial charge in [0.15, 0.2) is 34.9 Å². The van der Waals surface area contributed by atoms with Gasteiger partial charge in [-0.25, -0.2) is 30.7 Å². The second-order valence-corrected chi connectivity index (χ2v) is 3.83. The van der Waals surface area contributed by atoms with Crippen LogP contribution in [-0.4, -0.2) is 0 Å². The lowest BCUT2D eigenvalue weighted by atomic mass is 10.0. The third-order valence-corrected chi connectivity index (χ3v) is 2.83. The van der Waals surface area contributed by atoms with Gasteiger partial charge in [0.25, 0.3) is 0 Å². The first-order valence-corrected chi connectivity index (χ1v) is 5.23. The molecule has 0 spiro atoms. The van der Waals surface area contributed by atoms with E-state index in [1.165, 1.54) is 0 Å². The minimum Gasteiger partial charge on any atom is -0.206 e. The van der Waals surface area contributed by atoms with Crippen LogP contribution in [-0.2, 0) is 5.88 Å². The lowest BCUT2D eigenvalue weighted by Gasteiger charge is -2.10. The predicted molar refractivity (Wildman–Crippen MR) is 53.2 cm³/mol. The van der Waals surface area contributed by atoms with E-state index in [0.29, 0.717) is 0 Å². The average molecular weight is 303 g/mol.